The quantitative estimate of drug-likeness (QED) is 0.880. The third kappa shape index (κ3) is 3.12. The van der Waals surface area contributed by atoms with Crippen LogP contribution in [0.3, 0.4) is 0 Å². The van der Waals surface area contributed by atoms with Gasteiger partial charge in [-0.2, -0.15) is 10.2 Å². The summed E-state index contributed by atoms with van der Waals surface area (Å²) in [6.07, 6.45) is 1.42. The van der Waals surface area contributed by atoms with Gasteiger partial charge in [-0.05, 0) is 14.1 Å². The molecule has 2 aromatic heterocycles. The molecule has 0 spiro atoms. The first-order valence-corrected chi connectivity index (χ1v) is 6.03. The summed E-state index contributed by atoms with van der Waals surface area (Å²) in [6, 6.07) is 1.78. The van der Waals surface area contributed by atoms with Gasteiger partial charge in [0.1, 0.15) is 5.15 Å². The lowest BCUT2D eigenvalue weighted by atomic mass is 10.3. The van der Waals surface area contributed by atoms with Crippen molar-refractivity contribution in [1.29, 1.82) is 0 Å². The Morgan fingerprint density at radius 1 is 1.58 bits per heavy atom. The molecule has 0 atom stereocenters. The lowest BCUT2D eigenvalue weighted by Crippen LogP contribution is -2.12. The molecule has 0 unspecified atom stereocenters. The van der Waals surface area contributed by atoms with E-state index in [2.05, 4.69) is 20.6 Å². The van der Waals surface area contributed by atoms with E-state index < -0.39 is 0 Å². The lowest BCUT2D eigenvalue weighted by Gasteiger charge is -2.05. The number of nitrogens with one attached hydrogen (secondary N) is 2. The minimum Gasteiger partial charge on any atom is -0.305 e. The summed E-state index contributed by atoms with van der Waals surface area (Å²) in [5, 5.41) is 13.7. The lowest BCUT2D eigenvalue weighted by molar-refractivity contribution is 0.102. The van der Waals surface area contributed by atoms with Gasteiger partial charge < -0.3 is 10.2 Å². The first-order valence-electron chi connectivity index (χ1n) is 5.65. The maximum absolute atomic E-state index is 12.0. The number of hydrogen-bond donors (Lipinski definition) is 2. The predicted octanol–water partition coefficient (Wildman–Crippen LogP) is 1.11. The van der Waals surface area contributed by atoms with Crippen LogP contribution in [-0.4, -0.2) is 44.9 Å². The predicted molar refractivity (Wildman–Crippen MR) is 72.1 cm³/mol. The molecule has 0 aromatic carbocycles. The molecule has 7 nitrogen and oxygen atoms in total. The van der Waals surface area contributed by atoms with Gasteiger partial charge in [0, 0.05) is 19.7 Å². The number of halogens is 1. The molecule has 8 heteroatoms. The molecule has 0 bridgehead atoms. The highest BCUT2D eigenvalue weighted by atomic mass is 35.5. The molecule has 0 fully saturated rings. The molecule has 0 aliphatic carbocycles. The Morgan fingerprint density at radius 2 is 2.32 bits per heavy atom. The van der Waals surface area contributed by atoms with Crippen LogP contribution in [0.2, 0.25) is 5.15 Å². The van der Waals surface area contributed by atoms with Crippen LogP contribution >= 0.6 is 11.6 Å². The van der Waals surface area contributed by atoms with E-state index in [9.17, 15) is 4.79 Å². The number of nitrogens with zero attached hydrogens (tertiary/aromatic N) is 4. The minimum atomic E-state index is -0.332. The highest BCUT2D eigenvalue weighted by molar-refractivity contribution is 6.33. The van der Waals surface area contributed by atoms with E-state index in [-0.39, 0.29) is 5.91 Å². The molecule has 19 heavy (non-hydrogen) atoms. The van der Waals surface area contributed by atoms with E-state index in [0.717, 1.165) is 12.2 Å². The van der Waals surface area contributed by atoms with Gasteiger partial charge in [-0.25, -0.2) is 0 Å². The molecule has 0 aliphatic heterocycles. The maximum atomic E-state index is 12.0. The normalized spacial score (nSPS) is 11.0. The van der Waals surface area contributed by atoms with Crippen molar-refractivity contribution in [3.8, 4) is 0 Å². The summed E-state index contributed by atoms with van der Waals surface area (Å²) in [5.41, 5.74) is 1.24. The number of aryl methyl sites for hydroxylation is 1. The van der Waals surface area contributed by atoms with E-state index in [0.29, 0.717) is 16.5 Å². The van der Waals surface area contributed by atoms with Crippen LogP contribution in [0.1, 0.15) is 16.1 Å². The molecular weight excluding hydrogens is 268 g/mol. The number of hydrogen-bond acceptors (Lipinski definition) is 4. The molecule has 0 aliphatic rings. The standard InChI is InChI=1S/C11H15ClN6O/c1-17(2)6-7-4-9(16-15-7)14-11(19)8-5-13-18(3)10(8)12/h4-5H,6H2,1-3H3,(H2,14,15,16,19). The molecule has 2 heterocycles. The zero-order valence-corrected chi connectivity index (χ0v) is 11.7. The second kappa shape index (κ2) is 5.41. The summed E-state index contributed by atoms with van der Waals surface area (Å²) in [6.45, 7) is 0.719. The van der Waals surface area contributed by atoms with E-state index >= 15 is 0 Å². The van der Waals surface area contributed by atoms with Gasteiger partial charge in [0.25, 0.3) is 5.91 Å². The van der Waals surface area contributed by atoms with E-state index in [1.807, 2.05) is 19.0 Å². The van der Waals surface area contributed by atoms with Crippen LogP contribution in [-0.2, 0) is 13.6 Å². The molecule has 2 aromatic rings. The van der Waals surface area contributed by atoms with Crippen LogP contribution in [0.15, 0.2) is 12.3 Å². The van der Waals surface area contributed by atoms with E-state index in [1.165, 1.54) is 10.9 Å². The molecule has 0 saturated carbocycles. The Labute approximate surface area is 115 Å². The summed E-state index contributed by atoms with van der Waals surface area (Å²) >= 11 is 5.95. The number of aromatic amines is 1. The number of amides is 1. The Bertz CT molecular complexity index is 588. The van der Waals surface area contributed by atoms with Crippen LogP contribution in [0.4, 0.5) is 5.82 Å². The average Bonchev–Trinajstić information content (AvgIpc) is 2.87. The number of carbonyl (C=O) groups excluding carboxylic acids is 1. The van der Waals surface area contributed by atoms with Gasteiger partial charge in [0.05, 0.1) is 17.5 Å². The second-order valence-corrected chi connectivity index (χ2v) is 4.80. The number of anilines is 1. The second-order valence-electron chi connectivity index (χ2n) is 4.44. The largest absolute Gasteiger partial charge is 0.305 e. The summed E-state index contributed by atoms with van der Waals surface area (Å²) in [5.74, 6) is 0.128. The van der Waals surface area contributed by atoms with Crippen molar-refractivity contribution in [2.75, 3.05) is 19.4 Å². The van der Waals surface area contributed by atoms with Crippen molar-refractivity contribution in [3.63, 3.8) is 0 Å². The van der Waals surface area contributed by atoms with Crippen molar-refractivity contribution < 1.29 is 4.79 Å². The monoisotopic (exact) mass is 282 g/mol. The van der Waals surface area contributed by atoms with Crippen molar-refractivity contribution in [1.82, 2.24) is 24.9 Å². The van der Waals surface area contributed by atoms with Crippen LogP contribution < -0.4 is 5.32 Å². The van der Waals surface area contributed by atoms with Gasteiger partial charge >= 0.3 is 0 Å². The fourth-order valence-electron chi connectivity index (χ4n) is 1.61. The van der Waals surface area contributed by atoms with Gasteiger partial charge in [-0.3, -0.25) is 14.6 Å². The van der Waals surface area contributed by atoms with Gasteiger partial charge in [0.15, 0.2) is 5.82 Å². The first-order chi connectivity index (χ1) is 8.97. The number of H-pyrrole nitrogens is 1. The number of carbonyl (C=O) groups is 1. The van der Waals surface area contributed by atoms with Crippen LogP contribution in [0.5, 0.6) is 0 Å². The number of rotatable bonds is 4. The summed E-state index contributed by atoms with van der Waals surface area (Å²) in [4.78, 5) is 14.0. The van der Waals surface area contributed by atoms with Crippen molar-refractivity contribution >= 4 is 23.3 Å². The highest BCUT2D eigenvalue weighted by Crippen LogP contribution is 2.16. The zero-order chi connectivity index (χ0) is 14.0. The Balaban J connectivity index is 2.07. The fraction of sp³-hybridized carbons (Fsp3) is 0.364. The smallest absolute Gasteiger partial charge is 0.261 e. The molecular formula is C11H15ClN6O. The topological polar surface area (TPSA) is 78.8 Å². The van der Waals surface area contributed by atoms with Gasteiger partial charge in [-0.1, -0.05) is 11.6 Å². The van der Waals surface area contributed by atoms with Crippen molar-refractivity contribution in [3.05, 3.63) is 28.7 Å². The Kier molecular flexibility index (Phi) is 3.87. The van der Waals surface area contributed by atoms with Crippen molar-refractivity contribution in [2.45, 2.75) is 6.54 Å². The van der Waals surface area contributed by atoms with E-state index in [4.69, 9.17) is 11.6 Å². The minimum absolute atomic E-state index is 0.293. The first kappa shape index (κ1) is 13.6. The zero-order valence-electron chi connectivity index (χ0n) is 10.9. The van der Waals surface area contributed by atoms with E-state index in [1.54, 1.807) is 13.1 Å². The third-order valence-corrected chi connectivity index (χ3v) is 2.92. The Morgan fingerprint density at radius 3 is 2.89 bits per heavy atom. The fourth-order valence-corrected chi connectivity index (χ4v) is 1.78. The SMILES string of the molecule is CN(C)Cc1cc(NC(=O)c2cnn(C)c2Cl)n[nH]1. The average molecular weight is 283 g/mol. The van der Waals surface area contributed by atoms with Gasteiger partial charge in [-0.15, -0.1) is 0 Å². The number of aromatic nitrogens is 4. The maximum Gasteiger partial charge on any atom is 0.261 e. The molecule has 0 saturated heterocycles. The molecule has 1 amide bonds. The summed E-state index contributed by atoms with van der Waals surface area (Å²) in [7, 11) is 5.58. The summed E-state index contributed by atoms with van der Waals surface area (Å²) < 4.78 is 1.43. The molecule has 2 rings (SSSR count). The van der Waals surface area contributed by atoms with Crippen molar-refractivity contribution in [2.24, 2.45) is 7.05 Å². The third-order valence-electron chi connectivity index (χ3n) is 2.47. The van der Waals surface area contributed by atoms with Crippen LogP contribution in [0.25, 0.3) is 0 Å². The molecule has 2 N–H and O–H groups in total. The highest BCUT2D eigenvalue weighted by Gasteiger charge is 2.15. The molecule has 0 radical (unpaired) electrons. The van der Waals surface area contributed by atoms with Gasteiger partial charge in [0.2, 0.25) is 0 Å². The van der Waals surface area contributed by atoms with Crippen LogP contribution in [0, 0.1) is 0 Å². The molecule has 102 valence electrons. The Hall–Kier alpha value is -1.86.